The van der Waals surface area contributed by atoms with Crippen molar-refractivity contribution in [3.8, 4) is 33.4 Å². The third kappa shape index (κ3) is 5.88. The molecule has 1 aliphatic heterocycles. The normalized spacial score (nSPS) is 15.3. The zero-order valence-electron chi connectivity index (χ0n) is 40.1. The van der Waals surface area contributed by atoms with Crippen LogP contribution in [0, 0.1) is 5.41 Å². The number of hydrogen-bond acceptors (Lipinski definition) is 3. The lowest BCUT2D eigenvalue weighted by Crippen LogP contribution is -2.29. The fraction of sp³-hybridized carbons (Fsp3) is 0.0580. The SMILES string of the molecule is CC1(C)c2ccccc2-c2ccc(N(C3=C(c4ccccc4)N/C(=C(\C(=N)c4ccccc4)c4ccccc4)c4ccccc43)c3cccc4c3-c3ccccc3C43c4ccccc4-c4ccccc43)cc21. The Kier molecular flexibility index (Phi) is 9.30. The molecule has 340 valence electrons. The van der Waals surface area contributed by atoms with E-state index in [9.17, 15) is 5.41 Å². The second-order valence-corrected chi connectivity index (χ2v) is 19.9. The highest BCUT2D eigenvalue weighted by atomic mass is 15.2. The van der Waals surface area contributed by atoms with Crippen LogP contribution < -0.4 is 10.2 Å². The van der Waals surface area contributed by atoms with E-state index >= 15 is 0 Å². The van der Waals surface area contributed by atoms with Gasteiger partial charge in [0.1, 0.15) is 0 Å². The predicted molar refractivity (Wildman–Crippen MR) is 298 cm³/mol. The Hall–Kier alpha value is -9.05. The largest absolute Gasteiger partial charge is 0.352 e. The summed E-state index contributed by atoms with van der Waals surface area (Å²) in [6.45, 7) is 4.74. The van der Waals surface area contributed by atoms with Crippen LogP contribution in [-0.4, -0.2) is 5.71 Å². The van der Waals surface area contributed by atoms with Gasteiger partial charge in [-0.25, -0.2) is 0 Å². The number of rotatable bonds is 7. The maximum absolute atomic E-state index is 10.1. The summed E-state index contributed by atoms with van der Waals surface area (Å²) >= 11 is 0. The molecule has 4 aliphatic rings. The van der Waals surface area contributed by atoms with Crippen LogP contribution in [0.1, 0.15) is 75.0 Å². The van der Waals surface area contributed by atoms with E-state index in [-0.39, 0.29) is 5.41 Å². The topological polar surface area (TPSA) is 39.1 Å². The summed E-state index contributed by atoms with van der Waals surface area (Å²) in [6.07, 6.45) is 0. The van der Waals surface area contributed by atoms with Gasteiger partial charge in [-0.15, -0.1) is 0 Å². The van der Waals surface area contributed by atoms with E-state index in [1.807, 2.05) is 36.4 Å². The molecular weight excluding hydrogens is 871 g/mol. The smallest absolute Gasteiger partial charge is 0.0782 e. The van der Waals surface area contributed by atoms with Crippen molar-refractivity contribution in [3.05, 3.63) is 310 Å². The number of allylic oxidation sites excluding steroid dienone is 1. The van der Waals surface area contributed by atoms with Crippen LogP contribution in [0.4, 0.5) is 11.4 Å². The van der Waals surface area contributed by atoms with Crippen LogP contribution in [-0.2, 0) is 10.8 Å². The molecule has 3 aliphatic carbocycles. The lowest BCUT2D eigenvalue weighted by molar-refractivity contribution is 0.660. The summed E-state index contributed by atoms with van der Waals surface area (Å²) in [5.74, 6) is 0. The van der Waals surface area contributed by atoms with Gasteiger partial charge in [-0.2, -0.15) is 0 Å². The molecule has 1 heterocycles. The van der Waals surface area contributed by atoms with Crippen molar-refractivity contribution in [2.24, 2.45) is 0 Å². The van der Waals surface area contributed by atoms with E-state index in [1.165, 1.54) is 66.8 Å². The van der Waals surface area contributed by atoms with E-state index < -0.39 is 5.41 Å². The minimum Gasteiger partial charge on any atom is -0.352 e. The summed E-state index contributed by atoms with van der Waals surface area (Å²) in [5, 5.41) is 14.2. The van der Waals surface area contributed by atoms with Gasteiger partial charge in [0.2, 0.25) is 0 Å². The first-order chi connectivity index (χ1) is 35.4. The van der Waals surface area contributed by atoms with Gasteiger partial charge >= 0.3 is 0 Å². The Morgan fingerprint density at radius 1 is 0.403 bits per heavy atom. The fourth-order valence-corrected chi connectivity index (χ4v) is 12.8. The van der Waals surface area contributed by atoms with Gasteiger partial charge in [0.25, 0.3) is 0 Å². The molecule has 3 heteroatoms. The zero-order chi connectivity index (χ0) is 48.1. The summed E-state index contributed by atoms with van der Waals surface area (Å²) in [7, 11) is 0. The van der Waals surface area contributed by atoms with E-state index in [0.29, 0.717) is 5.71 Å². The maximum atomic E-state index is 10.1. The molecule has 0 bridgehead atoms. The van der Waals surface area contributed by atoms with E-state index in [1.54, 1.807) is 0 Å². The molecule has 0 saturated heterocycles. The standard InChI is InChI=1S/C69H49N3/c1-68(2)55-35-18-14-29-48(55)51-42-41-47(43-60(51)68)72(61-40-22-39-59-63(61)54-34-17-21-38-58(54)69(59)56-36-19-15-30-49(56)50-31-16-20-37-57(50)69)67-53-33-13-12-32-52(53)66(71-65(67)46-27-10-5-11-28-46)62(44-23-6-3-7-24-44)64(70)45-25-8-4-9-26-45/h3-43,70-71H,1-2H3/b66-62-,70-64?. The minimum atomic E-state index is -0.528. The van der Waals surface area contributed by atoms with E-state index in [2.05, 4.69) is 236 Å². The van der Waals surface area contributed by atoms with Crippen LogP contribution in [0.15, 0.2) is 249 Å². The van der Waals surface area contributed by atoms with Crippen LogP contribution in [0.3, 0.4) is 0 Å². The first-order valence-corrected chi connectivity index (χ1v) is 25.0. The molecule has 0 radical (unpaired) electrons. The zero-order valence-corrected chi connectivity index (χ0v) is 40.1. The number of nitrogens with one attached hydrogen (secondary N) is 2. The molecular formula is C69H49N3. The van der Waals surface area contributed by atoms with E-state index in [4.69, 9.17) is 0 Å². The van der Waals surface area contributed by atoms with Crippen molar-refractivity contribution >= 4 is 39.8 Å². The Morgan fingerprint density at radius 2 is 0.875 bits per heavy atom. The molecule has 0 atom stereocenters. The van der Waals surface area contributed by atoms with Crippen molar-refractivity contribution < 1.29 is 0 Å². The van der Waals surface area contributed by atoms with Crippen LogP contribution in [0.2, 0.25) is 0 Å². The highest BCUT2D eigenvalue weighted by Crippen LogP contribution is 2.65. The second kappa shape index (κ2) is 16.0. The lowest BCUT2D eigenvalue weighted by Gasteiger charge is -2.38. The molecule has 10 aromatic rings. The molecule has 72 heavy (non-hydrogen) atoms. The maximum Gasteiger partial charge on any atom is 0.0782 e. The third-order valence-corrected chi connectivity index (χ3v) is 15.9. The molecule has 0 saturated carbocycles. The number of nitrogens with zero attached hydrogens (tertiary/aromatic N) is 1. The van der Waals surface area contributed by atoms with Gasteiger partial charge < -0.3 is 10.2 Å². The number of benzene rings is 10. The monoisotopic (exact) mass is 919 g/mol. The quantitative estimate of drug-likeness (QED) is 0.156. The lowest BCUT2D eigenvalue weighted by atomic mass is 9.70. The van der Waals surface area contributed by atoms with Crippen molar-refractivity contribution in [2.45, 2.75) is 24.7 Å². The summed E-state index contributed by atoms with van der Waals surface area (Å²) in [6, 6.07) is 90.5. The van der Waals surface area contributed by atoms with Gasteiger partial charge in [-0.05, 0) is 85.0 Å². The molecule has 1 spiro atoms. The number of fused-ring (bicyclic) bond motifs is 14. The van der Waals surface area contributed by atoms with Gasteiger partial charge in [0.15, 0.2) is 0 Å². The van der Waals surface area contributed by atoms with Crippen LogP contribution in [0.5, 0.6) is 0 Å². The first-order valence-electron chi connectivity index (χ1n) is 25.0. The average Bonchev–Trinajstić information content (AvgIpc) is 4.01. The highest BCUT2D eigenvalue weighted by molar-refractivity contribution is 6.36. The minimum absolute atomic E-state index is 0.238. The van der Waals surface area contributed by atoms with Gasteiger partial charge in [-0.1, -0.05) is 244 Å². The molecule has 10 aromatic carbocycles. The van der Waals surface area contributed by atoms with Crippen molar-refractivity contribution in [3.63, 3.8) is 0 Å². The predicted octanol–water partition coefficient (Wildman–Crippen LogP) is 16.5. The Labute approximate surface area is 421 Å². The fourth-order valence-electron chi connectivity index (χ4n) is 12.8. The van der Waals surface area contributed by atoms with Crippen molar-refractivity contribution in [1.82, 2.24) is 5.32 Å². The van der Waals surface area contributed by atoms with Crippen LogP contribution >= 0.6 is 0 Å². The first kappa shape index (κ1) is 41.9. The number of anilines is 2. The second-order valence-electron chi connectivity index (χ2n) is 19.9. The molecule has 0 amide bonds. The van der Waals surface area contributed by atoms with Crippen molar-refractivity contribution in [2.75, 3.05) is 4.90 Å². The number of hydrogen-bond donors (Lipinski definition) is 2. The van der Waals surface area contributed by atoms with Gasteiger partial charge in [0.05, 0.1) is 33.9 Å². The Balaban J connectivity index is 1.11. The molecule has 0 fully saturated rings. The summed E-state index contributed by atoms with van der Waals surface area (Å²) in [5.41, 5.74) is 26.0. The Bertz CT molecular complexity index is 3890. The summed E-state index contributed by atoms with van der Waals surface area (Å²) < 4.78 is 0. The van der Waals surface area contributed by atoms with Gasteiger partial charge in [0, 0.05) is 44.5 Å². The molecule has 2 N–H and O–H groups in total. The Morgan fingerprint density at radius 3 is 1.51 bits per heavy atom. The highest BCUT2D eigenvalue weighted by Gasteiger charge is 2.52. The van der Waals surface area contributed by atoms with Crippen LogP contribution in [0.25, 0.3) is 56.0 Å². The average molecular weight is 920 g/mol. The molecule has 0 unspecified atom stereocenters. The van der Waals surface area contributed by atoms with E-state index in [0.717, 1.165) is 61.9 Å². The molecule has 0 aromatic heterocycles. The van der Waals surface area contributed by atoms with Crippen molar-refractivity contribution in [1.29, 1.82) is 5.41 Å². The molecule has 14 rings (SSSR count). The summed E-state index contributed by atoms with van der Waals surface area (Å²) in [4.78, 5) is 2.57. The molecule has 3 nitrogen and oxygen atoms in total. The third-order valence-electron chi connectivity index (χ3n) is 15.9. The van der Waals surface area contributed by atoms with Gasteiger partial charge in [-0.3, -0.25) is 5.41 Å².